The molecule has 0 spiro atoms. The van der Waals surface area contributed by atoms with E-state index in [-0.39, 0.29) is 34.7 Å². The van der Waals surface area contributed by atoms with Gasteiger partial charge < -0.3 is 29.5 Å². The van der Waals surface area contributed by atoms with Crippen LogP contribution in [0, 0.1) is 11.8 Å². The highest BCUT2D eigenvalue weighted by atomic mass is 32.2. The Morgan fingerprint density at radius 1 is 0.933 bits per heavy atom. The second-order valence-corrected chi connectivity index (χ2v) is 13.3. The average molecular weight is 641 g/mol. The first-order valence-corrected chi connectivity index (χ1v) is 16.9. The van der Waals surface area contributed by atoms with Crippen LogP contribution in [0.3, 0.4) is 0 Å². The van der Waals surface area contributed by atoms with Crippen LogP contribution >= 0.6 is 11.8 Å². The van der Waals surface area contributed by atoms with Gasteiger partial charge in [-0.15, -0.1) is 0 Å². The van der Waals surface area contributed by atoms with Gasteiger partial charge in [-0.05, 0) is 31.7 Å². The highest BCUT2D eigenvalue weighted by Gasteiger charge is 2.37. The summed E-state index contributed by atoms with van der Waals surface area (Å²) in [5, 5.41) is 3.55. The second-order valence-electron chi connectivity index (χ2n) is 12.1. The highest BCUT2D eigenvalue weighted by molar-refractivity contribution is 8.13. The molecule has 1 aromatic heterocycles. The standard InChI is InChI=1S/C32H44N6O6S/c1-20(19-45-21(2)39)30(41)38-12-8-11-25(38)29(40)34-28-23-17-26(43-3)27(44-4)18-24(23)33-32(35-28)37-15-13-36(14-16-37)31(42)22-9-6-5-7-10-22/h17-18,20,22,25H,5-16,19H2,1-4H3,(H,33,34,35,40)/t20?,25-/m0/s1. The van der Waals surface area contributed by atoms with Gasteiger partial charge in [0.15, 0.2) is 16.6 Å². The Labute approximate surface area is 268 Å². The van der Waals surface area contributed by atoms with E-state index in [0.29, 0.717) is 85.5 Å². The van der Waals surface area contributed by atoms with Crippen LogP contribution in [0.2, 0.25) is 0 Å². The number of aromatic nitrogens is 2. The average Bonchev–Trinajstić information content (AvgIpc) is 3.56. The third-order valence-electron chi connectivity index (χ3n) is 9.06. The molecule has 2 atom stereocenters. The molecular weight excluding hydrogens is 596 g/mol. The number of carbonyl (C=O) groups excluding carboxylic acids is 4. The summed E-state index contributed by atoms with van der Waals surface area (Å²) in [6.45, 7) is 6.08. The van der Waals surface area contributed by atoms with Crippen molar-refractivity contribution < 1.29 is 28.7 Å². The van der Waals surface area contributed by atoms with Crippen molar-refractivity contribution in [2.24, 2.45) is 11.8 Å². The molecule has 0 bridgehead atoms. The molecule has 1 aromatic carbocycles. The van der Waals surface area contributed by atoms with Crippen molar-refractivity contribution in [3.63, 3.8) is 0 Å². The lowest BCUT2D eigenvalue weighted by molar-refractivity contribution is -0.139. The molecule has 12 nitrogen and oxygen atoms in total. The van der Waals surface area contributed by atoms with Crippen molar-refractivity contribution in [3.05, 3.63) is 12.1 Å². The number of piperazine rings is 1. The molecule has 3 heterocycles. The molecule has 1 N–H and O–H groups in total. The molecular formula is C32H44N6O6S. The van der Waals surface area contributed by atoms with Crippen LogP contribution in [-0.2, 0) is 19.2 Å². The summed E-state index contributed by atoms with van der Waals surface area (Å²) in [5.41, 5.74) is 0.572. The minimum Gasteiger partial charge on any atom is -0.493 e. The molecule has 5 rings (SSSR count). The van der Waals surface area contributed by atoms with E-state index < -0.39 is 6.04 Å². The van der Waals surface area contributed by atoms with E-state index >= 15 is 0 Å². The lowest BCUT2D eigenvalue weighted by atomic mass is 9.88. The lowest BCUT2D eigenvalue weighted by Gasteiger charge is -2.37. The van der Waals surface area contributed by atoms with E-state index in [2.05, 4.69) is 5.32 Å². The lowest BCUT2D eigenvalue weighted by Crippen LogP contribution is -2.51. The van der Waals surface area contributed by atoms with Crippen molar-refractivity contribution in [2.75, 3.05) is 62.9 Å². The summed E-state index contributed by atoms with van der Waals surface area (Å²) >= 11 is 1.12. The van der Waals surface area contributed by atoms with Crippen LogP contribution in [0.15, 0.2) is 12.1 Å². The van der Waals surface area contributed by atoms with E-state index in [4.69, 9.17) is 19.4 Å². The number of thioether (sulfide) groups is 1. The maximum absolute atomic E-state index is 13.8. The molecule has 45 heavy (non-hydrogen) atoms. The maximum atomic E-state index is 13.8. The third-order valence-corrected chi connectivity index (χ3v) is 10.1. The van der Waals surface area contributed by atoms with E-state index in [1.807, 2.05) is 9.80 Å². The monoisotopic (exact) mass is 640 g/mol. The Morgan fingerprint density at radius 3 is 2.29 bits per heavy atom. The third kappa shape index (κ3) is 7.45. The second kappa shape index (κ2) is 14.7. The topological polar surface area (TPSA) is 134 Å². The molecule has 1 aliphatic carbocycles. The van der Waals surface area contributed by atoms with Gasteiger partial charge in [-0.2, -0.15) is 4.98 Å². The fourth-order valence-electron chi connectivity index (χ4n) is 6.51. The zero-order chi connectivity index (χ0) is 32.1. The molecule has 1 saturated carbocycles. The molecule has 0 radical (unpaired) electrons. The van der Waals surface area contributed by atoms with Gasteiger partial charge in [0.1, 0.15) is 11.9 Å². The number of fused-ring (bicyclic) bond motifs is 1. The minimum absolute atomic E-state index is 0.0406. The van der Waals surface area contributed by atoms with E-state index in [0.717, 1.165) is 37.4 Å². The number of carbonyl (C=O) groups is 4. The number of anilines is 2. The van der Waals surface area contributed by atoms with E-state index in [1.54, 1.807) is 38.2 Å². The Balaban J connectivity index is 1.37. The van der Waals surface area contributed by atoms with Gasteiger partial charge >= 0.3 is 0 Å². The predicted molar refractivity (Wildman–Crippen MR) is 174 cm³/mol. The summed E-state index contributed by atoms with van der Waals surface area (Å²) in [6.07, 6.45) is 6.64. The molecule has 2 aliphatic heterocycles. The van der Waals surface area contributed by atoms with Crippen molar-refractivity contribution in [3.8, 4) is 11.5 Å². The number of nitrogens with zero attached hydrogens (tertiary/aromatic N) is 5. The maximum Gasteiger partial charge on any atom is 0.248 e. The summed E-state index contributed by atoms with van der Waals surface area (Å²) in [5.74, 6) is 1.65. The predicted octanol–water partition coefficient (Wildman–Crippen LogP) is 3.72. The summed E-state index contributed by atoms with van der Waals surface area (Å²) in [6, 6.07) is 2.86. The van der Waals surface area contributed by atoms with Gasteiger partial charge in [0, 0.05) is 68.7 Å². The Morgan fingerprint density at radius 2 is 1.62 bits per heavy atom. The summed E-state index contributed by atoms with van der Waals surface area (Å²) < 4.78 is 11.1. The molecule has 13 heteroatoms. The van der Waals surface area contributed by atoms with Crippen LogP contribution in [0.1, 0.15) is 58.8 Å². The molecule has 244 valence electrons. The summed E-state index contributed by atoms with van der Waals surface area (Å²) in [4.78, 5) is 66.9. The zero-order valence-corrected chi connectivity index (χ0v) is 27.5. The number of rotatable bonds is 9. The van der Waals surface area contributed by atoms with Gasteiger partial charge in [0.25, 0.3) is 0 Å². The first-order chi connectivity index (χ1) is 21.7. The molecule has 2 aromatic rings. The zero-order valence-electron chi connectivity index (χ0n) is 26.7. The fraction of sp³-hybridized carbons (Fsp3) is 0.625. The first-order valence-electron chi connectivity index (χ1n) is 15.9. The van der Waals surface area contributed by atoms with Gasteiger partial charge in [0.2, 0.25) is 23.7 Å². The van der Waals surface area contributed by atoms with Gasteiger partial charge in [-0.1, -0.05) is 37.9 Å². The Bertz CT molecular complexity index is 1420. The number of hydrogen-bond acceptors (Lipinski definition) is 10. The molecule has 1 unspecified atom stereocenters. The van der Waals surface area contributed by atoms with Crippen LogP contribution in [0.5, 0.6) is 11.5 Å². The van der Waals surface area contributed by atoms with Crippen molar-refractivity contribution in [1.82, 2.24) is 19.8 Å². The number of ether oxygens (including phenoxy) is 2. The largest absolute Gasteiger partial charge is 0.493 e. The van der Waals surface area contributed by atoms with Gasteiger partial charge in [-0.25, -0.2) is 4.98 Å². The van der Waals surface area contributed by atoms with Crippen molar-refractivity contribution in [2.45, 2.75) is 64.8 Å². The number of amides is 3. The van der Waals surface area contributed by atoms with Crippen molar-refractivity contribution in [1.29, 1.82) is 0 Å². The number of likely N-dealkylation sites (tertiary alicyclic amines) is 1. The number of nitrogens with one attached hydrogen (secondary N) is 1. The van der Waals surface area contributed by atoms with Gasteiger partial charge in [0.05, 0.1) is 19.7 Å². The van der Waals surface area contributed by atoms with Gasteiger partial charge in [-0.3, -0.25) is 19.2 Å². The minimum atomic E-state index is -0.648. The van der Waals surface area contributed by atoms with Crippen LogP contribution in [-0.4, -0.2) is 101 Å². The fourth-order valence-corrected chi connectivity index (χ4v) is 7.14. The SMILES string of the molecule is COc1cc2nc(N3CCN(C(=O)C4CCCCC4)CC3)nc(NC(=O)[C@@H]3CCCN3C(=O)C(C)CSC(C)=O)c2cc1OC. The number of hydrogen-bond donors (Lipinski definition) is 1. The molecule has 3 aliphatic rings. The summed E-state index contributed by atoms with van der Waals surface area (Å²) in [7, 11) is 3.09. The molecule has 3 amide bonds. The van der Waals surface area contributed by atoms with E-state index in [9.17, 15) is 19.2 Å². The smallest absolute Gasteiger partial charge is 0.248 e. The Hall–Kier alpha value is -3.61. The molecule has 2 saturated heterocycles. The quantitative estimate of drug-likeness (QED) is 0.432. The van der Waals surface area contributed by atoms with Crippen LogP contribution < -0.4 is 19.7 Å². The normalized spacial score (nSPS) is 19.8. The van der Waals surface area contributed by atoms with Crippen LogP contribution in [0.25, 0.3) is 10.9 Å². The number of benzene rings is 1. The first kappa shape index (κ1) is 32.8. The van der Waals surface area contributed by atoms with Crippen molar-refractivity contribution >= 4 is 57.3 Å². The molecule has 3 fully saturated rings. The van der Waals surface area contributed by atoms with E-state index in [1.165, 1.54) is 13.3 Å². The Kier molecular flexibility index (Phi) is 10.7. The van der Waals surface area contributed by atoms with Crippen LogP contribution in [0.4, 0.5) is 11.8 Å². The number of methoxy groups -OCH3 is 2. The highest BCUT2D eigenvalue weighted by Crippen LogP contribution is 2.36.